The van der Waals surface area contributed by atoms with Crippen molar-refractivity contribution in [3.8, 4) is 0 Å². The standard InChI is InChI=1S/C22H23N3O3/c1-4-23-14(2)13-24(19-12-8-7-11-18(19)23)20(26)15(3)25-21(27)16-9-5-6-10-17(16)22(25)28/h5-12,14-15H,4,13H2,1-3H3. The van der Waals surface area contributed by atoms with E-state index in [1.54, 1.807) is 36.1 Å². The van der Waals surface area contributed by atoms with E-state index in [1.165, 1.54) is 0 Å². The van der Waals surface area contributed by atoms with E-state index < -0.39 is 17.9 Å². The molecule has 6 nitrogen and oxygen atoms in total. The number of nitrogens with zero attached hydrogens (tertiary/aromatic N) is 3. The van der Waals surface area contributed by atoms with E-state index in [0.29, 0.717) is 17.7 Å². The Kier molecular flexibility index (Phi) is 4.41. The average Bonchev–Trinajstić information content (AvgIpc) is 2.97. The highest BCUT2D eigenvalue weighted by Crippen LogP contribution is 2.36. The zero-order valence-corrected chi connectivity index (χ0v) is 16.3. The molecular weight excluding hydrogens is 354 g/mol. The monoisotopic (exact) mass is 377 g/mol. The van der Waals surface area contributed by atoms with Crippen molar-refractivity contribution in [3.63, 3.8) is 0 Å². The second-order valence-electron chi connectivity index (χ2n) is 7.27. The van der Waals surface area contributed by atoms with Gasteiger partial charge in [0.1, 0.15) is 6.04 Å². The zero-order valence-electron chi connectivity index (χ0n) is 16.3. The molecule has 2 aromatic rings. The highest BCUT2D eigenvalue weighted by Gasteiger charge is 2.43. The van der Waals surface area contributed by atoms with Crippen LogP contribution in [0.4, 0.5) is 11.4 Å². The minimum atomic E-state index is -0.874. The molecule has 4 rings (SSSR count). The number of benzene rings is 2. The highest BCUT2D eigenvalue weighted by molar-refractivity contribution is 6.23. The summed E-state index contributed by atoms with van der Waals surface area (Å²) in [7, 11) is 0. The van der Waals surface area contributed by atoms with Gasteiger partial charge in [-0.1, -0.05) is 24.3 Å². The summed E-state index contributed by atoms with van der Waals surface area (Å²) >= 11 is 0. The summed E-state index contributed by atoms with van der Waals surface area (Å²) < 4.78 is 0. The number of amides is 3. The van der Waals surface area contributed by atoms with Gasteiger partial charge in [0.15, 0.2) is 0 Å². The number of hydrogen-bond acceptors (Lipinski definition) is 4. The predicted octanol–water partition coefficient (Wildman–Crippen LogP) is 2.93. The quantitative estimate of drug-likeness (QED) is 0.772. The van der Waals surface area contributed by atoms with Crippen molar-refractivity contribution in [1.29, 1.82) is 0 Å². The van der Waals surface area contributed by atoms with Crippen molar-refractivity contribution < 1.29 is 14.4 Å². The number of rotatable bonds is 3. The van der Waals surface area contributed by atoms with Gasteiger partial charge in [0.2, 0.25) is 5.91 Å². The van der Waals surface area contributed by atoms with E-state index in [2.05, 4.69) is 18.7 Å². The average molecular weight is 377 g/mol. The maximum atomic E-state index is 13.4. The van der Waals surface area contributed by atoms with Crippen molar-refractivity contribution >= 4 is 29.1 Å². The molecule has 0 fully saturated rings. The van der Waals surface area contributed by atoms with Crippen molar-refractivity contribution in [2.24, 2.45) is 0 Å². The number of anilines is 2. The van der Waals surface area contributed by atoms with Gasteiger partial charge in [-0.2, -0.15) is 0 Å². The Morgan fingerprint density at radius 1 is 1.00 bits per heavy atom. The molecule has 2 atom stereocenters. The van der Waals surface area contributed by atoms with Crippen LogP contribution in [0.2, 0.25) is 0 Å². The number of imide groups is 1. The lowest BCUT2D eigenvalue weighted by Crippen LogP contribution is -2.55. The maximum Gasteiger partial charge on any atom is 0.262 e. The summed E-state index contributed by atoms with van der Waals surface area (Å²) in [6.45, 7) is 7.15. The molecule has 0 aromatic heterocycles. The third kappa shape index (κ3) is 2.59. The summed E-state index contributed by atoms with van der Waals surface area (Å²) in [5, 5.41) is 0. The van der Waals surface area contributed by atoms with Crippen LogP contribution in [0.15, 0.2) is 48.5 Å². The molecule has 2 aromatic carbocycles. The molecule has 2 aliphatic rings. The van der Waals surface area contributed by atoms with E-state index in [1.807, 2.05) is 24.3 Å². The van der Waals surface area contributed by atoms with Crippen molar-refractivity contribution in [2.75, 3.05) is 22.9 Å². The van der Waals surface area contributed by atoms with E-state index in [0.717, 1.165) is 22.8 Å². The van der Waals surface area contributed by atoms with Gasteiger partial charge < -0.3 is 9.80 Å². The van der Waals surface area contributed by atoms with Gasteiger partial charge in [-0.05, 0) is 45.0 Å². The fourth-order valence-electron chi connectivity index (χ4n) is 4.22. The van der Waals surface area contributed by atoms with Gasteiger partial charge in [0, 0.05) is 19.1 Å². The second kappa shape index (κ2) is 6.78. The molecule has 144 valence electrons. The van der Waals surface area contributed by atoms with Crippen molar-refractivity contribution in [2.45, 2.75) is 32.9 Å². The first-order valence-electron chi connectivity index (χ1n) is 9.59. The molecule has 0 saturated carbocycles. The van der Waals surface area contributed by atoms with E-state index >= 15 is 0 Å². The Hall–Kier alpha value is -3.15. The topological polar surface area (TPSA) is 60.9 Å². The predicted molar refractivity (Wildman–Crippen MR) is 108 cm³/mol. The first-order valence-corrected chi connectivity index (χ1v) is 9.59. The van der Waals surface area contributed by atoms with Gasteiger partial charge >= 0.3 is 0 Å². The smallest absolute Gasteiger partial charge is 0.262 e. The summed E-state index contributed by atoms with van der Waals surface area (Å²) in [4.78, 5) is 44.0. The van der Waals surface area contributed by atoms with E-state index in [-0.39, 0.29) is 11.9 Å². The Bertz CT molecular complexity index is 936. The first kappa shape index (κ1) is 18.2. The zero-order chi connectivity index (χ0) is 20.0. The minimum absolute atomic E-state index is 0.137. The number of carbonyl (C=O) groups excluding carboxylic acids is 3. The van der Waals surface area contributed by atoms with Crippen LogP contribution < -0.4 is 9.80 Å². The first-order chi connectivity index (χ1) is 13.5. The van der Waals surface area contributed by atoms with Crippen LogP contribution >= 0.6 is 0 Å². The molecule has 0 aliphatic carbocycles. The lowest BCUT2D eigenvalue weighted by Gasteiger charge is -2.43. The summed E-state index contributed by atoms with van der Waals surface area (Å²) in [5.41, 5.74) is 2.52. The summed E-state index contributed by atoms with van der Waals surface area (Å²) in [5.74, 6) is -1.06. The molecule has 6 heteroatoms. The summed E-state index contributed by atoms with van der Waals surface area (Å²) in [6.07, 6.45) is 0. The molecule has 3 amide bonds. The molecule has 2 aliphatic heterocycles. The Morgan fingerprint density at radius 3 is 2.11 bits per heavy atom. The largest absolute Gasteiger partial charge is 0.366 e. The Labute approximate surface area is 164 Å². The SMILES string of the molecule is CCN1c2ccccc2N(C(=O)C(C)N2C(=O)c3ccccc3C2=O)CC1C. The van der Waals surface area contributed by atoms with Gasteiger partial charge in [-0.25, -0.2) is 0 Å². The normalized spacial score (nSPS) is 19.5. The third-order valence-electron chi connectivity index (χ3n) is 5.64. The van der Waals surface area contributed by atoms with Crippen LogP contribution in [0.3, 0.4) is 0 Å². The molecule has 0 radical (unpaired) electrons. The number of fused-ring (bicyclic) bond motifs is 2. The number of likely N-dealkylation sites (N-methyl/N-ethyl adjacent to an activating group) is 1. The molecule has 2 unspecified atom stereocenters. The van der Waals surface area contributed by atoms with Gasteiger partial charge in [0.25, 0.3) is 11.8 Å². The van der Waals surface area contributed by atoms with Gasteiger partial charge in [-0.15, -0.1) is 0 Å². The molecular formula is C22H23N3O3. The molecule has 0 N–H and O–H groups in total. The maximum absolute atomic E-state index is 13.4. The molecule has 28 heavy (non-hydrogen) atoms. The van der Waals surface area contributed by atoms with Crippen LogP contribution in [0.25, 0.3) is 0 Å². The minimum Gasteiger partial charge on any atom is -0.366 e. The van der Waals surface area contributed by atoms with Crippen LogP contribution in [-0.2, 0) is 4.79 Å². The molecule has 0 spiro atoms. The fourth-order valence-corrected chi connectivity index (χ4v) is 4.22. The van der Waals surface area contributed by atoms with Crippen molar-refractivity contribution in [1.82, 2.24) is 4.90 Å². The third-order valence-corrected chi connectivity index (χ3v) is 5.64. The molecule has 0 bridgehead atoms. The van der Waals surface area contributed by atoms with E-state index in [9.17, 15) is 14.4 Å². The second-order valence-corrected chi connectivity index (χ2v) is 7.27. The molecule has 0 saturated heterocycles. The van der Waals surface area contributed by atoms with Crippen LogP contribution in [0, 0.1) is 0 Å². The van der Waals surface area contributed by atoms with Crippen LogP contribution in [-0.4, -0.2) is 47.8 Å². The van der Waals surface area contributed by atoms with Gasteiger partial charge in [0.05, 0.1) is 22.5 Å². The molecule has 2 heterocycles. The number of para-hydroxylation sites is 2. The number of hydrogen-bond donors (Lipinski definition) is 0. The fraction of sp³-hybridized carbons (Fsp3) is 0.318. The lowest BCUT2D eigenvalue weighted by molar-refractivity contribution is -0.122. The van der Waals surface area contributed by atoms with Crippen LogP contribution in [0.5, 0.6) is 0 Å². The number of carbonyl (C=O) groups is 3. The van der Waals surface area contributed by atoms with E-state index in [4.69, 9.17) is 0 Å². The van der Waals surface area contributed by atoms with Gasteiger partial charge in [-0.3, -0.25) is 19.3 Å². The van der Waals surface area contributed by atoms with Crippen molar-refractivity contribution in [3.05, 3.63) is 59.7 Å². The van der Waals surface area contributed by atoms with Crippen LogP contribution in [0.1, 0.15) is 41.5 Å². The lowest BCUT2D eigenvalue weighted by atomic mass is 10.1. The Balaban J connectivity index is 1.67. The highest BCUT2D eigenvalue weighted by atomic mass is 16.2. The summed E-state index contributed by atoms with van der Waals surface area (Å²) in [6, 6.07) is 13.7. The Morgan fingerprint density at radius 2 is 1.54 bits per heavy atom.